The van der Waals surface area contributed by atoms with Crippen molar-refractivity contribution in [1.29, 1.82) is 0 Å². The summed E-state index contributed by atoms with van der Waals surface area (Å²) in [4.78, 5) is 13.4. The van der Waals surface area contributed by atoms with E-state index in [-0.39, 0.29) is 5.92 Å². The van der Waals surface area contributed by atoms with E-state index in [1.54, 1.807) is 0 Å². The van der Waals surface area contributed by atoms with E-state index in [0.717, 1.165) is 24.5 Å². The van der Waals surface area contributed by atoms with Gasteiger partial charge in [0.25, 0.3) is 0 Å². The summed E-state index contributed by atoms with van der Waals surface area (Å²) in [7, 11) is 0. The minimum Gasteiger partial charge on any atom is -0.384 e. The van der Waals surface area contributed by atoms with Gasteiger partial charge in [0.2, 0.25) is 0 Å². The molecular formula is C14H19N5. The molecule has 0 unspecified atom stereocenters. The van der Waals surface area contributed by atoms with E-state index >= 15 is 0 Å². The number of aryl methyl sites for hydroxylation is 1. The lowest BCUT2D eigenvalue weighted by molar-refractivity contribution is 0.652. The predicted octanol–water partition coefficient (Wildman–Crippen LogP) is 2.25. The molecule has 5 heteroatoms. The summed E-state index contributed by atoms with van der Waals surface area (Å²) in [6, 6.07) is 1.82. The van der Waals surface area contributed by atoms with Gasteiger partial charge in [0.15, 0.2) is 0 Å². The number of hydrogen-bond donors (Lipinski definition) is 1. The molecule has 0 aromatic carbocycles. The van der Waals surface area contributed by atoms with Crippen molar-refractivity contribution in [2.24, 2.45) is 0 Å². The van der Waals surface area contributed by atoms with E-state index in [1.165, 1.54) is 24.2 Å². The van der Waals surface area contributed by atoms with Crippen molar-refractivity contribution in [3.8, 4) is 5.82 Å². The maximum atomic E-state index is 5.89. The van der Waals surface area contributed by atoms with E-state index in [9.17, 15) is 0 Å². The van der Waals surface area contributed by atoms with Gasteiger partial charge in [-0.05, 0) is 25.7 Å². The third-order valence-electron chi connectivity index (χ3n) is 3.54. The Bertz CT molecular complexity index is 600. The second-order valence-corrected chi connectivity index (χ2v) is 5.38. The summed E-state index contributed by atoms with van der Waals surface area (Å²) in [6.45, 7) is 4.14. The molecule has 0 spiro atoms. The molecule has 2 aromatic heterocycles. The van der Waals surface area contributed by atoms with Gasteiger partial charge in [-0.15, -0.1) is 0 Å². The van der Waals surface area contributed by atoms with Gasteiger partial charge >= 0.3 is 0 Å². The van der Waals surface area contributed by atoms with Crippen LogP contribution in [0.5, 0.6) is 0 Å². The van der Waals surface area contributed by atoms with Crippen LogP contribution in [0, 0.1) is 0 Å². The molecular weight excluding hydrogens is 238 g/mol. The van der Waals surface area contributed by atoms with Crippen molar-refractivity contribution in [3.05, 3.63) is 29.6 Å². The van der Waals surface area contributed by atoms with Crippen LogP contribution in [0.25, 0.3) is 5.82 Å². The van der Waals surface area contributed by atoms with Crippen LogP contribution in [0.15, 0.2) is 12.4 Å². The van der Waals surface area contributed by atoms with Crippen molar-refractivity contribution in [1.82, 2.24) is 19.5 Å². The Morgan fingerprint density at radius 1 is 1.21 bits per heavy atom. The predicted molar refractivity (Wildman–Crippen MR) is 74.3 cm³/mol. The van der Waals surface area contributed by atoms with E-state index in [4.69, 9.17) is 5.73 Å². The summed E-state index contributed by atoms with van der Waals surface area (Å²) in [5.74, 6) is 2.41. The van der Waals surface area contributed by atoms with E-state index in [0.29, 0.717) is 5.82 Å². The van der Waals surface area contributed by atoms with Crippen molar-refractivity contribution >= 4 is 5.82 Å². The largest absolute Gasteiger partial charge is 0.384 e. The summed E-state index contributed by atoms with van der Waals surface area (Å²) >= 11 is 0. The van der Waals surface area contributed by atoms with E-state index < -0.39 is 0 Å². The van der Waals surface area contributed by atoms with Crippen molar-refractivity contribution in [2.45, 2.75) is 45.4 Å². The van der Waals surface area contributed by atoms with Gasteiger partial charge in [0.1, 0.15) is 23.8 Å². The minimum atomic E-state index is 0.265. The lowest BCUT2D eigenvalue weighted by Crippen LogP contribution is -2.11. The monoisotopic (exact) mass is 257 g/mol. The number of nitrogens with two attached hydrogens (primary N) is 1. The summed E-state index contributed by atoms with van der Waals surface area (Å²) < 4.78 is 2.07. The lowest BCUT2D eigenvalue weighted by Gasteiger charge is -2.14. The summed E-state index contributed by atoms with van der Waals surface area (Å²) in [5, 5.41) is 0. The number of rotatable bonds is 2. The molecule has 2 N–H and O–H groups in total. The summed E-state index contributed by atoms with van der Waals surface area (Å²) in [5.41, 5.74) is 8.37. The molecule has 0 radical (unpaired) electrons. The van der Waals surface area contributed by atoms with Gasteiger partial charge in [-0.1, -0.05) is 13.8 Å². The maximum absolute atomic E-state index is 5.89. The van der Waals surface area contributed by atoms with Crippen LogP contribution in [0.4, 0.5) is 5.82 Å². The highest BCUT2D eigenvalue weighted by Crippen LogP contribution is 2.23. The molecule has 2 aromatic rings. The Hall–Kier alpha value is -1.91. The molecule has 19 heavy (non-hydrogen) atoms. The molecule has 0 saturated heterocycles. The highest BCUT2D eigenvalue weighted by atomic mass is 15.1. The average molecular weight is 257 g/mol. The smallest absolute Gasteiger partial charge is 0.143 e. The third-order valence-corrected chi connectivity index (χ3v) is 3.54. The van der Waals surface area contributed by atoms with Gasteiger partial charge in [-0.3, -0.25) is 4.57 Å². The minimum absolute atomic E-state index is 0.265. The molecule has 3 rings (SSSR count). The number of aromatic nitrogens is 4. The van der Waals surface area contributed by atoms with Crippen LogP contribution in [0.1, 0.15) is 49.8 Å². The molecule has 0 saturated carbocycles. The fourth-order valence-electron chi connectivity index (χ4n) is 2.52. The Morgan fingerprint density at radius 2 is 2.00 bits per heavy atom. The second kappa shape index (κ2) is 4.64. The average Bonchev–Trinajstić information content (AvgIpc) is 2.81. The highest BCUT2D eigenvalue weighted by molar-refractivity contribution is 5.40. The number of imidazole rings is 1. The van der Waals surface area contributed by atoms with Crippen LogP contribution >= 0.6 is 0 Å². The zero-order valence-electron chi connectivity index (χ0n) is 11.4. The first kappa shape index (κ1) is 12.1. The first-order valence-corrected chi connectivity index (χ1v) is 6.85. The lowest BCUT2D eigenvalue weighted by atomic mass is 10.0. The van der Waals surface area contributed by atoms with E-state index in [2.05, 4.69) is 33.4 Å². The SMILES string of the molecule is CC(C)c1nc(N)cc(-n2cnc3c2CCCC3)n1. The topological polar surface area (TPSA) is 69.6 Å². The second-order valence-electron chi connectivity index (χ2n) is 5.38. The fourth-order valence-corrected chi connectivity index (χ4v) is 2.52. The summed E-state index contributed by atoms with van der Waals surface area (Å²) in [6.07, 6.45) is 6.45. The van der Waals surface area contributed by atoms with E-state index in [1.807, 2.05) is 12.4 Å². The van der Waals surface area contributed by atoms with Gasteiger partial charge in [0.05, 0.1) is 5.69 Å². The van der Waals surface area contributed by atoms with Crippen LogP contribution in [0.3, 0.4) is 0 Å². The first-order valence-electron chi connectivity index (χ1n) is 6.85. The van der Waals surface area contributed by atoms with Crippen molar-refractivity contribution in [2.75, 3.05) is 5.73 Å². The fraction of sp³-hybridized carbons (Fsp3) is 0.500. The normalized spacial score (nSPS) is 14.7. The molecule has 5 nitrogen and oxygen atoms in total. The van der Waals surface area contributed by atoms with Gasteiger partial charge in [0, 0.05) is 17.7 Å². The van der Waals surface area contributed by atoms with Gasteiger partial charge in [-0.25, -0.2) is 15.0 Å². The molecule has 0 aliphatic heterocycles. The molecule has 1 aliphatic carbocycles. The zero-order chi connectivity index (χ0) is 13.4. The Morgan fingerprint density at radius 3 is 2.79 bits per heavy atom. The van der Waals surface area contributed by atoms with Crippen LogP contribution in [0.2, 0.25) is 0 Å². The molecule has 100 valence electrons. The van der Waals surface area contributed by atoms with Crippen molar-refractivity contribution < 1.29 is 0 Å². The van der Waals surface area contributed by atoms with Gasteiger partial charge < -0.3 is 5.73 Å². The van der Waals surface area contributed by atoms with Crippen LogP contribution in [-0.2, 0) is 12.8 Å². The molecule has 0 fully saturated rings. The third kappa shape index (κ3) is 2.20. The molecule has 0 amide bonds. The van der Waals surface area contributed by atoms with Crippen LogP contribution < -0.4 is 5.73 Å². The maximum Gasteiger partial charge on any atom is 0.143 e. The number of nitrogen functional groups attached to an aromatic ring is 1. The highest BCUT2D eigenvalue weighted by Gasteiger charge is 2.17. The molecule has 0 bridgehead atoms. The molecule has 1 aliphatic rings. The van der Waals surface area contributed by atoms with Crippen LogP contribution in [-0.4, -0.2) is 19.5 Å². The Balaban J connectivity index is 2.09. The first-order chi connectivity index (χ1) is 9.15. The molecule has 2 heterocycles. The number of hydrogen-bond acceptors (Lipinski definition) is 4. The number of anilines is 1. The standard InChI is InChI=1S/C14H19N5/c1-9(2)14-17-12(15)7-13(18-14)19-8-16-10-5-3-4-6-11(10)19/h7-9H,3-6H2,1-2H3,(H2,15,17,18). The Kier molecular flexibility index (Phi) is 2.97. The number of fused-ring (bicyclic) bond motifs is 1. The van der Waals surface area contributed by atoms with Gasteiger partial charge in [-0.2, -0.15) is 0 Å². The Labute approximate surface area is 112 Å². The molecule has 0 atom stereocenters. The zero-order valence-corrected chi connectivity index (χ0v) is 11.4. The quantitative estimate of drug-likeness (QED) is 0.895. The number of nitrogens with zero attached hydrogens (tertiary/aromatic N) is 4. The van der Waals surface area contributed by atoms with Crippen molar-refractivity contribution in [3.63, 3.8) is 0 Å².